The fraction of sp³-hybridized carbons (Fsp3) is 0.385. The molecule has 2 N–H and O–H groups in total. The molecule has 0 aliphatic carbocycles. The predicted molar refractivity (Wildman–Crippen MR) is 74.9 cm³/mol. The molecule has 1 saturated heterocycles. The minimum Gasteiger partial charge on any atom is -0.481 e. The number of anilines is 1. The average Bonchev–Trinajstić information content (AvgIpc) is 2.78. The Hall–Kier alpha value is -1.70. The van der Waals surface area contributed by atoms with Crippen molar-refractivity contribution in [1.29, 1.82) is 0 Å². The van der Waals surface area contributed by atoms with Gasteiger partial charge in [0, 0.05) is 19.2 Å². The number of amides is 2. The number of rotatable bonds is 2. The highest BCUT2D eigenvalue weighted by Gasteiger charge is 2.37. The van der Waals surface area contributed by atoms with Gasteiger partial charge in [0.25, 0.3) is 0 Å². The van der Waals surface area contributed by atoms with E-state index in [4.69, 9.17) is 5.11 Å². The van der Waals surface area contributed by atoms with Gasteiger partial charge in [-0.3, -0.25) is 4.79 Å². The van der Waals surface area contributed by atoms with Crippen LogP contribution in [0.2, 0.25) is 0 Å². The van der Waals surface area contributed by atoms with Crippen LogP contribution >= 0.6 is 15.9 Å². The lowest BCUT2D eigenvalue weighted by Crippen LogP contribution is -2.34. The number of carbonyl (C=O) groups excluding carboxylic acids is 1. The first-order valence-electron chi connectivity index (χ1n) is 6.23. The largest absolute Gasteiger partial charge is 0.481 e. The van der Waals surface area contributed by atoms with Crippen LogP contribution in [0.1, 0.15) is 6.92 Å². The molecule has 8 heteroatoms. The maximum absolute atomic E-state index is 13.6. The van der Waals surface area contributed by atoms with Crippen LogP contribution in [0.3, 0.4) is 0 Å². The Balaban J connectivity index is 2.09. The van der Waals surface area contributed by atoms with E-state index in [0.717, 1.165) is 6.07 Å². The minimum absolute atomic E-state index is 0.0254. The van der Waals surface area contributed by atoms with E-state index in [9.17, 15) is 18.4 Å². The summed E-state index contributed by atoms with van der Waals surface area (Å²) in [7, 11) is 0. The van der Waals surface area contributed by atoms with E-state index in [1.807, 2.05) is 0 Å². The molecule has 0 bridgehead atoms. The molecule has 0 spiro atoms. The number of benzene rings is 1. The van der Waals surface area contributed by atoms with Crippen LogP contribution in [0.15, 0.2) is 16.6 Å². The van der Waals surface area contributed by atoms with Gasteiger partial charge in [0.1, 0.15) is 11.6 Å². The number of carbonyl (C=O) groups is 2. The number of likely N-dealkylation sites (tertiary alicyclic amines) is 1. The van der Waals surface area contributed by atoms with E-state index in [2.05, 4.69) is 21.2 Å². The summed E-state index contributed by atoms with van der Waals surface area (Å²) in [5, 5.41) is 11.3. The molecule has 2 unspecified atom stereocenters. The minimum atomic E-state index is -0.964. The molecule has 1 aliphatic rings. The second-order valence-corrected chi connectivity index (χ2v) is 5.86. The molecule has 0 radical (unpaired) electrons. The Morgan fingerprint density at radius 1 is 1.33 bits per heavy atom. The summed E-state index contributed by atoms with van der Waals surface area (Å²) in [5.74, 6) is -3.45. The fourth-order valence-corrected chi connectivity index (χ4v) is 2.61. The molecule has 1 heterocycles. The number of hydrogen-bond donors (Lipinski definition) is 2. The van der Waals surface area contributed by atoms with E-state index in [-0.39, 0.29) is 29.2 Å². The number of carboxylic acids is 1. The van der Waals surface area contributed by atoms with Crippen LogP contribution in [-0.2, 0) is 4.79 Å². The highest BCUT2D eigenvalue weighted by molar-refractivity contribution is 9.10. The summed E-state index contributed by atoms with van der Waals surface area (Å²) in [6, 6.07) is 1.17. The summed E-state index contributed by atoms with van der Waals surface area (Å²) in [5.41, 5.74) is -0.167. The monoisotopic (exact) mass is 362 g/mol. The molecule has 114 valence electrons. The third-order valence-electron chi connectivity index (χ3n) is 3.47. The van der Waals surface area contributed by atoms with Crippen molar-refractivity contribution in [2.24, 2.45) is 11.8 Å². The van der Waals surface area contributed by atoms with Gasteiger partial charge in [-0.05, 0) is 27.9 Å². The van der Waals surface area contributed by atoms with E-state index < -0.39 is 29.6 Å². The second-order valence-electron chi connectivity index (χ2n) is 5.00. The first-order valence-corrected chi connectivity index (χ1v) is 7.02. The first kappa shape index (κ1) is 15.7. The molecule has 0 aromatic heterocycles. The molecule has 2 rings (SSSR count). The van der Waals surface area contributed by atoms with Crippen LogP contribution in [0.5, 0.6) is 0 Å². The van der Waals surface area contributed by atoms with Gasteiger partial charge in [0.15, 0.2) is 0 Å². The SMILES string of the molecule is CC1CN(C(=O)Nc2cc(Br)c(F)cc2F)CC1C(=O)O. The van der Waals surface area contributed by atoms with Gasteiger partial charge >= 0.3 is 12.0 Å². The smallest absolute Gasteiger partial charge is 0.321 e. The number of carboxylic acid groups (broad SMARTS) is 1. The number of urea groups is 1. The molecular weight excluding hydrogens is 350 g/mol. The zero-order chi connectivity index (χ0) is 15.7. The molecule has 1 fully saturated rings. The number of halogens is 3. The van der Waals surface area contributed by atoms with Gasteiger partial charge in [0.05, 0.1) is 16.1 Å². The Labute approximate surface area is 128 Å². The van der Waals surface area contributed by atoms with Crippen LogP contribution < -0.4 is 5.32 Å². The maximum Gasteiger partial charge on any atom is 0.321 e. The normalized spacial score (nSPS) is 21.4. The lowest BCUT2D eigenvalue weighted by atomic mass is 9.99. The summed E-state index contributed by atoms with van der Waals surface area (Å²) < 4.78 is 26.7. The first-order chi connectivity index (χ1) is 9.79. The van der Waals surface area contributed by atoms with Crippen LogP contribution in [0.4, 0.5) is 19.3 Å². The molecule has 1 aromatic carbocycles. The van der Waals surface area contributed by atoms with Crippen molar-refractivity contribution in [2.75, 3.05) is 18.4 Å². The number of hydrogen-bond acceptors (Lipinski definition) is 2. The summed E-state index contributed by atoms with van der Waals surface area (Å²) in [4.78, 5) is 24.3. The van der Waals surface area contributed by atoms with Gasteiger partial charge in [-0.1, -0.05) is 6.92 Å². The Morgan fingerprint density at radius 3 is 2.57 bits per heavy atom. The predicted octanol–water partition coefficient (Wildman–Crippen LogP) is 2.91. The summed E-state index contributed by atoms with van der Waals surface area (Å²) >= 11 is 2.91. The van der Waals surface area contributed by atoms with Gasteiger partial charge < -0.3 is 15.3 Å². The maximum atomic E-state index is 13.6. The fourth-order valence-electron chi connectivity index (χ4n) is 2.27. The van der Waals surface area contributed by atoms with Crippen molar-refractivity contribution in [3.8, 4) is 0 Å². The molecule has 1 aromatic rings. The molecule has 0 saturated carbocycles. The summed E-state index contributed by atoms with van der Waals surface area (Å²) in [6.07, 6.45) is 0. The summed E-state index contributed by atoms with van der Waals surface area (Å²) in [6.45, 7) is 2.07. The zero-order valence-electron chi connectivity index (χ0n) is 11.1. The highest BCUT2D eigenvalue weighted by Crippen LogP contribution is 2.26. The van der Waals surface area contributed by atoms with Gasteiger partial charge in [0.2, 0.25) is 0 Å². The Kier molecular flexibility index (Phi) is 4.46. The third kappa shape index (κ3) is 3.31. The number of aliphatic carboxylic acids is 1. The lowest BCUT2D eigenvalue weighted by molar-refractivity contribution is -0.142. The van der Waals surface area contributed by atoms with Crippen molar-refractivity contribution in [3.63, 3.8) is 0 Å². The van der Waals surface area contributed by atoms with Crippen LogP contribution in [0, 0.1) is 23.5 Å². The van der Waals surface area contributed by atoms with E-state index in [1.54, 1.807) is 6.92 Å². The molecule has 21 heavy (non-hydrogen) atoms. The van der Waals surface area contributed by atoms with Gasteiger partial charge in [-0.2, -0.15) is 0 Å². The quantitative estimate of drug-likeness (QED) is 0.794. The Morgan fingerprint density at radius 2 is 2.00 bits per heavy atom. The average molecular weight is 363 g/mol. The van der Waals surface area contributed by atoms with E-state index in [0.29, 0.717) is 6.07 Å². The van der Waals surface area contributed by atoms with Crippen molar-refractivity contribution >= 4 is 33.6 Å². The topological polar surface area (TPSA) is 69.6 Å². The molecule has 2 amide bonds. The van der Waals surface area contributed by atoms with Crippen molar-refractivity contribution < 1.29 is 23.5 Å². The van der Waals surface area contributed by atoms with E-state index in [1.165, 1.54) is 4.90 Å². The van der Waals surface area contributed by atoms with Crippen molar-refractivity contribution in [2.45, 2.75) is 6.92 Å². The molecule has 5 nitrogen and oxygen atoms in total. The standard InChI is InChI=1S/C13H13BrF2N2O3/c1-6-4-18(5-7(6)12(19)20)13(21)17-11-2-8(14)9(15)3-10(11)16/h2-3,6-7H,4-5H2,1H3,(H,17,21)(H,19,20). The number of nitrogens with one attached hydrogen (secondary N) is 1. The molecule has 1 aliphatic heterocycles. The Bertz CT molecular complexity index is 597. The van der Waals surface area contributed by atoms with Crippen molar-refractivity contribution in [3.05, 3.63) is 28.2 Å². The second kappa shape index (κ2) is 5.97. The van der Waals surface area contributed by atoms with Gasteiger partial charge in [-0.25, -0.2) is 13.6 Å². The molecular formula is C13H13BrF2N2O3. The van der Waals surface area contributed by atoms with Crippen LogP contribution in [-0.4, -0.2) is 35.1 Å². The van der Waals surface area contributed by atoms with E-state index >= 15 is 0 Å². The van der Waals surface area contributed by atoms with Crippen LogP contribution in [0.25, 0.3) is 0 Å². The van der Waals surface area contributed by atoms with Gasteiger partial charge in [-0.15, -0.1) is 0 Å². The lowest BCUT2D eigenvalue weighted by Gasteiger charge is -2.17. The number of nitrogens with zero attached hydrogens (tertiary/aromatic N) is 1. The van der Waals surface area contributed by atoms with Crippen molar-refractivity contribution in [1.82, 2.24) is 4.90 Å². The highest BCUT2D eigenvalue weighted by atomic mass is 79.9. The molecule has 2 atom stereocenters. The zero-order valence-corrected chi connectivity index (χ0v) is 12.7. The third-order valence-corrected chi connectivity index (χ3v) is 4.08.